The molecule has 1 atom stereocenters. The molecule has 1 unspecified atom stereocenters. The summed E-state index contributed by atoms with van der Waals surface area (Å²) in [5.74, 6) is 0.312. The van der Waals surface area contributed by atoms with Crippen molar-refractivity contribution in [1.82, 2.24) is 0 Å². The molecule has 0 amide bonds. The van der Waals surface area contributed by atoms with Crippen molar-refractivity contribution >= 4 is 10.8 Å². The van der Waals surface area contributed by atoms with Crippen LogP contribution >= 0.6 is 0 Å². The van der Waals surface area contributed by atoms with Gasteiger partial charge in [0.15, 0.2) is 0 Å². The van der Waals surface area contributed by atoms with Crippen molar-refractivity contribution in [1.29, 1.82) is 0 Å². The number of aliphatic hydroxyl groups is 1. The van der Waals surface area contributed by atoms with E-state index >= 15 is 0 Å². The van der Waals surface area contributed by atoms with Gasteiger partial charge in [-0.2, -0.15) is 0 Å². The van der Waals surface area contributed by atoms with Crippen LogP contribution in [0.2, 0.25) is 0 Å². The fourth-order valence-electron chi connectivity index (χ4n) is 2.92. The van der Waals surface area contributed by atoms with Crippen molar-refractivity contribution in [3.63, 3.8) is 0 Å². The zero-order valence-corrected chi connectivity index (χ0v) is 15.7. The molecule has 4 heteroatoms. The molecule has 2 aromatic rings. The summed E-state index contributed by atoms with van der Waals surface area (Å²) in [5.41, 5.74) is 5.00. The fraction of sp³-hybridized carbons (Fsp3) is 0.222. The average Bonchev–Trinajstić information content (AvgIpc) is 2.77. The Balaban J connectivity index is 0.00000147. The van der Waals surface area contributed by atoms with Gasteiger partial charge in [-0.05, 0) is 35.7 Å². The maximum atomic E-state index is 9.79. The first kappa shape index (κ1) is 21.4. The minimum Gasteiger partial charge on any atom is -1.00 e. The molecule has 1 aliphatic rings. The number of aliphatic hydroxyl groups excluding tert-OH is 1. The Bertz CT molecular complexity index is 707. The summed E-state index contributed by atoms with van der Waals surface area (Å²) in [5, 5.41) is 12.1. The van der Waals surface area contributed by atoms with Gasteiger partial charge < -0.3 is 29.9 Å². The van der Waals surface area contributed by atoms with Crippen LogP contribution < -0.4 is 24.8 Å². The minimum atomic E-state index is 0. The summed E-state index contributed by atoms with van der Waals surface area (Å²) in [4.78, 5) is 0. The molecule has 1 N–H and O–H groups in total. The molecule has 114 valence electrons. The second kappa shape index (κ2) is 8.91. The van der Waals surface area contributed by atoms with Crippen LogP contribution in [0.4, 0.5) is 0 Å². The van der Waals surface area contributed by atoms with Crippen molar-refractivity contribution in [3.8, 4) is 0 Å². The van der Waals surface area contributed by atoms with Crippen LogP contribution in [0.3, 0.4) is 0 Å². The van der Waals surface area contributed by atoms with Gasteiger partial charge in [0.05, 0.1) is 6.61 Å². The van der Waals surface area contributed by atoms with Crippen LogP contribution in [0.25, 0.3) is 10.8 Å². The Morgan fingerprint density at radius 1 is 1.00 bits per heavy atom. The predicted octanol–water partition coefficient (Wildman–Crippen LogP) is -1.67. The van der Waals surface area contributed by atoms with E-state index in [2.05, 4.69) is 50.3 Å². The number of allylic oxidation sites excluding steroid dienone is 4. The van der Waals surface area contributed by atoms with E-state index in [-0.39, 0.29) is 53.1 Å². The standard InChI is InChI=1S/C18H18O.2ClH.Ti/c1-12-7-9-15(13(12)2)17-10-8-14-5-3-4-6-16(14)18(17)11-19;;;/h3-10,15,19H,11H2,1-2H3;2*1H;/q;;;+2/p-2. The molecule has 0 saturated heterocycles. The number of benzene rings is 2. The van der Waals surface area contributed by atoms with E-state index in [9.17, 15) is 5.11 Å². The predicted molar refractivity (Wildman–Crippen MR) is 80.1 cm³/mol. The summed E-state index contributed by atoms with van der Waals surface area (Å²) >= 11 is 0. The SMILES string of the molecule is CC1=C(C)C(c2ccc3ccccc3c2CO)C=C1.[Cl-].[Cl-].[Ti+2]. The summed E-state index contributed by atoms with van der Waals surface area (Å²) < 4.78 is 0. The van der Waals surface area contributed by atoms with Crippen molar-refractivity contribution in [2.75, 3.05) is 0 Å². The van der Waals surface area contributed by atoms with E-state index in [1.807, 2.05) is 12.1 Å². The van der Waals surface area contributed by atoms with Crippen molar-refractivity contribution in [2.24, 2.45) is 0 Å². The maximum Gasteiger partial charge on any atom is 2.00 e. The zero-order chi connectivity index (χ0) is 13.4. The first-order valence-electron chi connectivity index (χ1n) is 6.69. The number of hydrogen-bond acceptors (Lipinski definition) is 1. The first-order valence-corrected chi connectivity index (χ1v) is 6.69. The maximum absolute atomic E-state index is 9.79. The van der Waals surface area contributed by atoms with Crippen molar-refractivity contribution in [3.05, 3.63) is 70.8 Å². The second-order valence-electron chi connectivity index (χ2n) is 5.22. The van der Waals surface area contributed by atoms with E-state index < -0.39 is 0 Å². The van der Waals surface area contributed by atoms with Gasteiger partial charge >= 0.3 is 21.7 Å². The van der Waals surface area contributed by atoms with E-state index in [0.717, 1.165) is 10.9 Å². The monoisotopic (exact) mass is 368 g/mol. The Kier molecular flexibility index (Phi) is 8.68. The molecule has 0 bridgehead atoms. The molecule has 0 aromatic heterocycles. The molecule has 0 aliphatic heterocycles. The molecule has 2 aromatic carbocycles. The molecule has 22 heavy (non-hydrogen) atoms. The minimum absolute atomic E-state index is 0. The van der Waals surface area contributed by atoms with Gasteiger partial charge in [0.25, 0.3) is 0 Å². The summed E-state index contributed by atoms with van der Waals surface area (Å²) in [7, 11) is 0. The van der Waals surface area contributed by atoms with Crippen LogP contribution in [-0.4, -0.2) is 5.11 Å². The molecule has 0 radical (unpaired) electrons. The van der Waals surface area contributed by atoms with Crippen molar-refractivity contribution < 1.29 is 51.6 Å². The summed E-state index contributed by atoms with van der Waals surface area (Å²) in [6.07, 6.45) is 4.41. The van der Waals surface area contributed by atoms with E-state index in [1.54, 1.807) is 0 Å². The Hall–Kier alpha value is -0.566. The molecule has 3 rings (SSSR count). The number of hydrogen-bond donors (Lipinski definition) is 1. The Labute approximate surface area is 159 Å². The molecule has 1 aliphatic carbocycles. The Morgan fingerprint density at radius 2 is 1.68 bits per heavy atom. The Morgan fingerprint density at radius 3 is 2.27 bits per heavy atom. The molecular formula is C18H18Cl2OTi. The molecular weight excluding hydrogens is 351 g/mol. The fourth-order valence-corrected chi connectivity index (χ4v) is 2.92. The van der Waals surface area contributed by atoms with Crippen molar-refractivity contribution in [2.45, 2.75) is 26.4 Å². The smallest absolute Gasteiger partial charge is 1.00 e. The number of halogens is 2. The number of rotatable bonds is 2. The van der Waals surface area contributed by atoms with Gasteiger partial charge in [0, 0.05) is 5.92 Å². The van der Waals surface area contributed by atoms with Gasteiger partial charge in [-0.1, -0.05) is 59.7 Å². The second-order valence-corrected chi connectivity index (χ2v) is 5.22. The molecule has 1 nitrogen and oxygen atoms in total. The third kappa shape index (κ3) is 3.67. The van der Waals surface area contributed by atoms with Gasteiger partial charge in [0.1, 0.15) is 0 Å². The topological polar surface area (TPSA) is 20.2 Å². The third-order valence-electron chi connectivity index (χ3n) is 4.20. The molecule has 0 saturated carbocycles. The number of fused-ring (bicyclic) bond motifs is 1. The molecule has 0 heterocycles. The van der Waals surface area contributed by atoms with Crippen LogP contribution in [0, 0.1) is 0 Å². The average molecular weight is 369 g/mol. The normalized spacial score (nSPS) is 16.0. The van der Waals surface area contributed by atoms with E-state index in [4.69, 9.17) is 0 Å². The summed E-state index contributed by atoms with van der Waals surface area (Å²) in [6.45, 7) is 4.41. The van der Waals surface area contributed by atoms with E-state index in [1.165, 1.54) is 22.1 Å². The largest absolute Gasteiger partial charge is 2.00 e. The van der Waals surface area contributed by atoms with Gasteiger partial charge in [-0.25, -0.2) is 0 Å². The quantitative estimate of drug-likeness (QED) is 0.628. The van der Waals surface area contributed by atoms with Crippen LogP contribution in [0.1, 0.15) is 30.9 Å². The van der Waals surface area contributed by atoms with Gasteiger partial charge in [0.2, 0.25) is 0 Å². The van der Waals surface area contributed by atoms with Gasteiger partial charge in [-0.15, -0.1) is 0 Å². The summed E-state index contributed by atoms with van der Waals surface area (Å²) in [6, 6.07) is 12.6. The van der Waals surface area contributed by atoms with Gasteiger partial charge in [-0.3, -0.25) is 0 Å². The molecule has 0 spiro atoms. The van der Waals surface area contributed by atoms with Crippen LogP contribution in [0.15, 0.2) is 59.7 Å². The van der Waals surface area contributed by atoms with Crippen LogP contribution in [0.5, 0.6) is 0 Å². The third-order valence-corrected chi connectivity index (χ3v) is 4.20. The molecule has 0 fully saturated rings. The zero-order valence-electron chi connectivity index (χ0n) is 12.6. The first-order chi connectivity index (χ1) is 9.22. The van der Waals surface area contributed by atoms with E-state index in [0.29, 0.717) is 5.92 Å². The van der Waals surface area contributed by atoms with Crippen LogP contribution in [-0.2, 0) is 28.3 Å².